The summed E-state index contributed by atoms with van der Waals surface area (Å²) in [6.45, 7) is 3.51. The van der Waals surface area contributed by atoms with E-state index in [9.17, 15) is 4.79 Å². The van der Waals surface area contributed by atoms with Gasteiger partial charge in [-0.25, -0.2) is 4.79 Å². The van der Waals surface area contributed by atoms with Crippen LogP contribution in [0.25, 0.3) is 16.6 Å². The van der Waals surface area contributed by atoms with Gasteiger partial charge in [-0.15, -0.1) is 0 Å². The Hall–Kier alpha value is -2.79. The Labute approximate surface area is 146 Å². The van der Waals surface area contributed by atoms with Crippen LogP contribution in [0.3, 0.4) is 0 Å². The molecule has 5 heteroatoms. The first-order chi connectivity index (χ1) is 12.3. The number of hydrogen-bond donors (Lipinski definition) is 1. The summed E-state index contributed by atoms with van der Waals surface area (Å²) in [5, 5.41) is 4.30. The van der Waals surface area contributed by atoms with E-state index in [0.717, 1.165) is 48.6 Å². The first-order valence-corrected chi connectivity index (χ1v) is 8.54. The molecule has 0 amide bonds. The van der Waals surface area contributed by atoms with Crippen LogP contribution in [0.15, 0.2) is 54.6 Å². The lowest BCUT2D eigenvalue weighted by atomic mass is 10.1. The van der Waals surface area contributed by atoms with Crippen LogP contribution in [0.4, 0.5) is 5.82 Å². The third kappa shape index (κ3) is 2.66. The van der Waals surface area contributed by atoms with E-state index in [1.807, 2.05) is 36.4 Å². The molecule has 25 heavy (non-hydrogen) atoms. The number of carbonyl (C=O) groups is 1. The van der Waals surface area contributed by atoms with Gasteiger partial charge in [-0.3, -0.25) is 4.57 Å². The summed E-state index contributed by atoms with van der Waals surface area (Å²) in [6.07, 6.45) is 0. The molecule has 3 aromatic rings. The van der Waals surface area contributed by atoms with Crippen molar-refractivity contribution in [3.05, 3.63) is 60.2 Å². The number of hydrogen-bond acceptors (Lipinski definition) is 4. The van der Waals surface area contributed by atoms with E-state index in [-0.39, 0.29) is 5.97 Å². The molecule has 1 fully saturated rings. The summed E-state index contributed by atoms with van der Waals surface area (Å²) in [4.78, 5) is 14.9. The molecule has 0 aliphatic carbocycles. The highest BCUT2D eigenvalue weighted by molar-refractivity contribution is 6.10. The van der Waals surface area contributed by atoms with Gasteiger partial charge >= 0.3 is 5.97 Å². The fourth-order valence-electron chi connectivity index (χ4n) is 3.54. The second kappa shape index (κ2) is 6.61. The van der Waals surface area contributed by atoms with Gasteiger partial charge in [-0.2, -0.15) is 0 Å². The molecule has 0 spiro atoms. The summed E-state index contributed by atoms with van der Waals surface area (Å²) >= 11 is 0. The number of aromatic nitrogens is 1. The predicted octanol–water partition coefficient (Wildman–Crippen LogP) is 2.83. The van der Waals surface area contributed by atoms with Gasteiger partial charge in [0.05, 0.1) is 12.6 Å². The zero-order valence-corrected chi connectivity index (χ0v) is 14.2. The SMILES string of the molecule is COC(=O)c1c(N2CCNCC2)n(-c2ccccc2)c2ccccc12. The fourth-order valence-corrected chi connectivity index (χ4v) is 3.54. The number of esters is 1. The molecule has 1 saturated heterocycles. The van der Waals surface area contributed by atoms with Crippen LogP contribution in [0.2, 0.25) is 0 Å². The summed E-state index contributed by atoms with van der Waals surface area (Å²) < 4.78 is 7.30. The van der Waals surface area contributed by atoms with Gasteiger partial charge < -0.3 is 15.0 Å². The number of para-hydroxylation sites is 2. The van der Waals surface area contributed by atoms with Crippen molar-refractivity contribution in [1.82, 2.24) is 9.88 Å². The Morgan fingerprint density at radius 2 is 1.68 bits per heavy atom. The van der Waals surface area contributed by atoms with Gasteiger partial charge in [0, 0.05) is 37.3 Å². The third-order valence-corrected chi connectivity index (χ3v) is 4.67. The highest BCUT2D eigenvalue weighted by atomic mass is 16.5. The Morgan fingerprint density at radius 1 is 1.00 bits per heavy atom. The molecule has 5 nitrogen and oxygen atoms in total. The highest BCUT2D eigenvalue weighted by Crippen LogP contribution is 2.36. The number of nitrogens with zero attached hydrogens (tertiary/aromatic N) is 2. The Kier molecular flexibility index (Phi) is 4.15. The summed E-state index contributed by atoms with van der Waals surface area (Å²) in [5.74, 6) is 0.625. The monoisotopic (exact) mass is 335 g/mol. The smallest absolute Gasteiger partial charge is 0.342 e. The number of rotatable bonds is 3. The molecule has 1 aliphatic heterocycles. The number of benzene rings is 2. The maximum atomic E-state index is 12.7. The average Bonchev–Trinajstić information content (AvgIpc) is 3.04. The maximum Gasteiger partial charge on any atom is 0.342 e. The number of methoxy groups -OCH3 is 1. The molecule has 1 aliphatic rings. The number of anilines is 1. The number of ether oxygens (including phenoxy) is 1. The highest BCUT2D eigenvalue weighted by Gasteiger charge is 2.28. The lowest BCUT2D eigenvalue weighted by Gasteiger charge is -2.31. The van der Waals surface area contributed by atoms with Crippen LogP contribution in [0.1, 0.15) is 10.4 Å². The summed E-state index contributed by atoms with van der Waals surface area (Å²) in [5.41, 5.74) is 2.70. The van der Waals surface area contributed by atoms with Crippen LogP contribution in [-0.4, -0.2) is 43.8 Å². The molecular weight excluding hydrogens is 314 g/mol. The van der Waals surface area contributed by atoms with Gasteiger partial charge in [0.1, 0.15) is 11.4 Å². The van der Waals surface area contributed by atoms with E-state index < -0.39 is 0 Å². The lowest BCUT2D eigenvalue weighted by molar-refractivity contribution is 0.0603. The summed E-state index contributed by atoms with van der Waals surface area (Å²) in [7, 11) is 1.44. The van der Waals surface area contributed by atoms with Gasteiger partial charge in [-0.1, -0.05) is 36.4 Å². The average molecular weight is 335 g/mol. The molecule has 2 heterocycles. The maximum absolute atomic E-state index is 12.7. The molecular formula is C20H21N3O2. The molecule has 0 unspecified atom stereocenters. The number of nitrogens with one attached hydrogen (secondary N) is 1. The Balaban J connectivity index is 2.05. The van der Waals surface area contributed by atoms with E-state index in [1.54, 1.807) is 0 Å². The van der Waals surface area contributed by atoms with Crippen molar-refractivity contribution in [3.63, 3.8) is 0 Å². The van der Waals surface area contributed by atoms with Crippen LogP contribution >= 0.6 is 0 Å². The topological polar surface area (TPSA) is 46.5 Å². The van der Waals surface area contributed by atoms with E-state index in [2.05, 4.69) is 33.0 Å². The van der Waals surface area contributed by atoms with Crippen LogP contribution in [0.5, 0.6) is 0 Å². The number of fused-ring (bicyclic) bond motifs is 1. The van der Waals surface area contributed by atoms with Crippen molar-refractivity contribution in [3.8, 4) is 5.69 Å². The van der Waals surface area contributed by atoms with Crippen molar-refractivity contribution in [2.45, 2.75) is 0 Å². The minimum atomic E-state index is -0.292. The zero-order chi connectivity index (χ0) is 17.2. The fraction of sp³-hybridized carbons (Fsp3) is 0.250. The van der Waals surface area contributed by atoms with Crippen LogP contribution < -0.4 is 10.2 Å². The van der Waals surface area contributed by atoms with Crippen molar-refractivity contribution in [2.24, 2.45) is 0 Å². The molecule has 2 aromatic carbocycles. The van der Waals surface area contributed by atoms with E-state index >= 15 is 0 Å². The third-order valence-electron chi connectivity index (χ3n) is 4.67. The second-order valence-electron chi connectivity index (χ2n) is 6.12. The standard InChI is InChI=1S/C20H21N3O2/c1-25-20(24)18-16-9-5-6-10-17(16)23(15-7-3-2-4-8-15)19(18)22-13-11-21-12-14-22/h2-10,21H,11-14H2,1H3. The quantitative estimate of drug-likeness (QED) is 0.748. The van der Waals surface area contributed by atoms with Crippen molar-refractivity contribution in [2.75, 3.05) is 38.2 Å². The molecule has 0 bridgehead atoms. The van der Waals surface area contributed by atoms with Gasteiger partial charge in [0.25, 0.3) is 0 Å². The van der Waals surface area contributed by atoms with Crippen molar-refractivity contribution in [1.29, 1.82) is 0 Å². The predicted molar refractivity (Wildman–Crippen MR) is 99.7 cm³/mol. The van der Waals surface area contributed by atoms with Crippen LogP contribution in [-0.2, 0) is 4.74 Å². The molecule has 128 valence electrons. The molecule has 4 rings (SSSR count). The first kappa shape index (κ1) is 15.7. The van der Waals surface area contributed by atoms with Crippen LogP contribution in [0, 0.1) is 0 Å². The van der Waals surface area contributed by atoms with Gasteiger partial charge in [0.15, 0.2) is 0 Å². The second-order valence-corrected chi connectivity index (χ2v) is 6.12. The van der Waals surface area contributed by atoms with E-state index in [1.165, 1.54) is 7.11 Å². The molecule has 1 aromatic heterocycles. The zero-order valence-electron chi connectivity index (χ0n) is 14.2. The van der Waals surface area contributed by atoms with Gasteiger partial charge in [-0.05, 0) is 18.2 Å². The summed E-state index contributed by atoms with van der Waals surface area (Å²) in [6, 6.07) is 18.2. The first-order valence-electron chi connectivity index (χ1n) is 8.54. The molecule has 1 N–H and O–H groups in total. The van der Waals surface area contributed by atoms with Gasteiger partial charge in [0.2, 0.25) is 0 Å². The number of carbonyl (C=O) groups excluding carboxylic acids is 1. The Bertz CT molecular complexity index is 896. The molecule has 0 saturated carbocycles. The van der Waals surface area contributed by atoms with E-state index in [4.69, 9.17) is 4.74 Å². The van der Waals surface area contributed by atoms with Crippen molar-refractivity contribution >= 4 is 22.7 Å². The largest absolute Gasteiger partial charge is 0.465 e. The van der Waals surface area contributed by atoms with Crippen molar-refractivity contribution < 1.29 is 9.53 Å². The molecule has 0 radical (unpaired) electrons. The lowest BCUT2D eigenvalue weighted by Crippen LogP contribution is -2.44. The number of piperazine rings is 1. The normalized spacial score (nSPS) is 14.7. The van der Waals surface area contributed by atoms with E-state index in [0.29, 0.717) is 5.56 Å². The minimum Gasteiger partial charge on any atom is -0.465 e. The molecule has 0 atom stereocenters. The minimum absolute atomic E-state index is 0.292. The Morgan fingerprint density at radius 3 is 2.40 bits per heavy atom.